The summed E-state index contributed by atoms with van der Waals surface area (Å²) in [5, 5.41) is 14.4. The predicted octanol–water partition coefficient (Wildman–Crippen LogP) is -0.774. The van der Waals surface area contributed by atoms with E-state index >= 15 is 0 Å². The molecular formula is C11H18N6O2. The average Bonchev–Trinajstić information content (AvgIpc) is 2.78. The van der Waals surface area contributed by atoms with Crippen LogP contribution < -0.4 is 5.32 Å². The Bertz CT molecular complexity index is 513. The van der Waals surface area contributed by atoms with Crippen molar-refractivity contribution >= 4 is 11.8 Å². The zero-order valence-electron chi connectivity index (χ0n) is 11.5. The number of nitrogens with one attached hydrogen (secondary N) is 1. The van der Waals surface area contributed by atoms with Crippen molar-refractivity contribution in [2.75, 3.05) is 0 Å². The maximum atomic E-state index is 12.3. The van der Waals surface area contributed by atoms with Crippen LogP contribution in [0.15, 0.2) is 0 Å². The largest absolute Gasteiger partial charge is 0.343 e. The van der Waals surface area contributed by atoms with Crippen molar-refractivity contribution in [1.82, 2.24) is 30.4 Å². The van der Waals surface area contributed by atoms with Gasteiger partial charge >= 0.3 is 0 Å². The normalized spacial score (nSPS) is 27.6. The standard InChI is InChI=1S/C11H18N6O2/c1-5-11(3)10(19)12-7(2)9(18)17(11)6-8-13-15-16(4)14-8/h7H,5-6H2,1-4H3,(H,12,19). The van der Waals surface area contributed by atoms with Crippen molar-refractivity contribution in [2.24, 2.45) is 7.05 Å². The fourth-order valence-electron chi connectivity index (χ4n) is 2.15. The van der Waals surface area contributed by atoms with Crippen LogP contribution >= 0.6 is 0 Å². The van der Waals surface area contributed by atoms with Crippen LogP contribution in [0.5, 0.6) is 0 Å². The molecule has 1 aliphatic heterocycles. The molecular weight excluding hydrogens is 248 g/mol. The Kier molecular flexibility index (Phi) is 3.25. The van der Waals surface area contributed by atoms with Gasteiger partial charge in [0.05, 0.1) is 13.6 Å². The highest BCUT2D eigenvalue weighted by atomic mass is 16.2. The zero-order valence-corrected chi connectivity index (χ0v) is 11.5. The van der Waals surface area contributed by atoms with Crippen LogP contribution in [0.2, 0.25) is 0 Å². The minimum Gasteiger partial charge on any atom is -0.343 e. The van der Waals surface area contributed by atoms with Gasteiger partial charge in [-0.15, -0.1) is 10.2 Å². The van der Waals surface area contributed by atoms with Crippen LogP contribution in [-0.2, 0) is 23.2 Å². The molecule has 1 fully saturated rings. The van der Waals surface area contributed by atoms with E-state index in [1.165, 1.54) is 9.70 Å². The van der Waals surface area contributed by atoms with Gasteiger partial charge in [0, 0.05) is 0 Å². The van der Waals surface area contributed by atoms with E-state index in [4.69, 9.17) is 0 Å². The summed E-state index contributed by atoms with van der Waals surface area (Å²) in [4.78, 5) is 27.3. The molecule has 1 aliphatic rings. The molecule has 2 heterocycles. The van der Waals surface area contributed by atoms with Crippen LogP contribution in [0, 0.1) is 0 Å². The van der Waals surface area contributed by atoms with Crippen molar-refractivity contribution in [3.05, 3.63) is 5.82 Å². The Hall–Kier alpha value is -1.99. The molecule has 0 bridgehead atoms. The molecule has 1 N–H and O–H groups in total. The van der Waals surface area contributed by atoms with Crippen molar-refractivity contribution < 1.29 is 9.59 Å². The maximum Gasteiger partial charge on any atom is 0.246 e. The van der Waals surface area contributed by atoms with Crippen LogP contribution in [0.1, 0.15) is 33.0 Å². The number of hydrogen-bond donors (Lipinski definition) is 1. The van der Waals surface area contributed by atoms with Gasteiger partial charge in [0.1, 0.15) is 11.6 Å². The average molecular weight is 266 g/mol. The number of aryl methyl sites for hydroxylation is 1. The van der Waals surface area contributed by atoms with Crippen molar-refractivity contribution in [3.63, 3.8) is 0 Å². The molecule has 2 amide bonds. The summed E-state index contributed by atoms with van der Waals surface area (Å²) in [5.41, 5.74) is -0.872. The Morgan fingerprint density at radius 2 is 2.11 bits per heavy atom. The topological polar surface area (TPSA) is 93.0 Å². The summed E-state index contributed by atoms with van der Waals surface area (Å²) in [6.45, 7) is 5.49. The van der Waals surface area contributed by atoms with Gasteiger partial charge in [-0.05, 0) is 25.5 Å². The molecule has 2 unspecified atom stereocenters. The SMILES string of the molecule is CCC1(C)C(=O)NC(C)C(=O)N1Cc1nnn(C)n1. The lowest BCUT2D eigenvalue weighted by Crippen LogP contribution is -2.68. The number of rotatable bonds is 3. The Balaban J connectivity index is 2.31. The summed E-state index contributed by atoms with van der Waals surface area (Å²) in [6.07, 6.45) is 0.525. The molecule has 104 valence electrons. The van der Waals surface area contributed by atoms with E-state index in [2.05, 4.69) is 20.7 Å². The highest BCUT2D eigenvalue weighted by molar-refractivity contribution is 5.99. The predicted molar refractivity (Wildman–Crippen MR) is 65.6 cm³/mol. The number of carbonyl (C=O) groups excluding carboxylic acids is 2. The second kappa shape index (κ2) is 4.60. The molecule has 1 saturated heterocycles. The van der Waals surface area contributed by atoms with Crippen LogP contribution in [0.4, 0.5) is 0 Å². The number of hydrogen-bond acceptors (Lipinski definition) is 5. The minimum absolute atomic E-state index is 0.128. The lowest BCUT2D eigenvalue weighted by atomic mass is 9.91. The van der Waals surface area contributed by atoms with E-state index < -0.39 is 11.6 Å². The first-order valence-electron chi connectivity index (χ1n) is 6.24. The van der Waals surface area contributed by atoms with E-state index in [1.54, 1.807) is 20.9 Å². The lowest BCUT2D eigenvalue weighted by molar-refractivity contribution is -0.157. The summed E-state index contributed by atoms with van der Waals surface area (Å²) < 4.78 is 0. The smallest absolute Gasteiger partial charge is 0.246 e. The van der Waals surface area contributed by atoms with Crippen LogP contribution in [0.3, 0.4) is 0 Å². The molecule has 2 rings (SSSR count). The van der Waals surface area contributed by atoms with E-state index in [0.717, 1.165) is 0 Å². The highest BCUT2D eigenvalue weighted by Gasteiger charge is 2.47. The monoisotopic (exact) mass is 266 g/mol. The van der Waals surface area contributed by atoms with Crippen molar-refractivity contribution in [1.29, 1.82) is 0 Å². The second-order valence-corrected chi connectivity index (χ2v) is 4.94. The number of carbonyl (C=O) groups is 2. The van der Waals surface area contributed by atoms with Crippen molar-refractivity contribution in [3.8, 4) is 0 Å². The summed E-state index contributed by atoms with van der Waals surface area (Å²) in [7, 11) is 1.66. The Morgan fingerprint density at radius 3 is 2.63 bits per heavy atom. The molecule has 8 heteroatoms. The molecule has 0 radical (unpaired) electrons. The first kappa shape index (κ1) is 13.4. The third-order valence-electron chi connectivity index (χ3n) is 3.61. The fourth-order valence-corrected chi connectivity index (χ4v) is 2.15. The molecule has 0 saturated carbocycles. The van der Waals surface area contributed by atoms with Gasteiger partial charge in [0.25, 0.3) is 0 Å². The third-order valence-corrected chi connectivity index (χ3v) is 3.61. The highest BCUT2D eigenvalue weighted by Crippen LogP contribution is 2.26. The molecule has 8 nitrogen and oxygen atoms in total. The van der Waals surface area contributed by atoms with Gasteiger partial charge in [0.2, 0.25) is 11.8 Å². The number of tetrazole rings is 1. The van der Waals surface area contributed by atoms with E-state index in [9.17, 15) is 9.59 Å². The van der Waals surface area contributed by atoms with Gasteiger partial charge < -0.3 is 10.2 Å². The summed E-state index contributed by atoms with van der Waals surface area (Å²) >= 11 is 0. The first-order valence-corrected chi connectivity index (χ1v) is 6.24. The Morgan fingerprint density at radius 1 is 1.42 bits per heavy atom. The van der Waals surface area contributed by atoms with E-state index in [0.29, 0.717) is 12.2 Å². The van der Waals surface area contributed by atoms with Gasteiger partial charge in [0.15, 0.2) is 5.82 Å². The van der Waals surface area contributed by atoms with Crippen LogP contribution in [-0.4, -0.2) is 48.5 Å². The lowest BCUT2D eigenvalue weighted by Gasteiger charge is -2.44. The van der Waals surface area contributed by atoms with Crippen LogP contribution in [0.25, 0.3) is 0 Å². The maximum absolute atomic E-state index is 12.3. The molecule has 2 atom stereocenters. The molecule has 1 aromatic heterocycles. The second-order valence-electron chi connectivity index (χ2n) is 4.94. The first-order chi connectivity index (χ1) is 8.88. The van der Waals surface area contributed by atoms with E-state index in [-0.39, 0.29) is 18.4 Å². The molecule has 0 aliphatic carbocycles. The minimum atomic E-state index is -0.872. The molecule has 0 spiro atoms. The van der Waals surface area contributed by atoms with E-state index in [1.807, 2.05) is 6.92 Å². The number of aromatic nitrogens is 4. The molecule has 1 aromatic rings. The van der Waals surface area contributed by atoms with Crippen molar-refractivity contribution in [2.45, 2.75) is 45.3 Å². The molecule has 19 heavy (non-hydrogen) atoms. The fraction of sp³-hybridized carbons (Fsp3) is 0.727. The van der Waals surface area contributed by atoms with Gasteiger partial charge in [-0.1, -0.05) is 6.92 Å². The Labute approximate surface area is 111 Å². The summed E-state index contributed by atoms with van der Waals surface area (Å²) in [6, 6.07) is -0.524. The third kappa shape index (κ3) is 2.18. The van der Waals surface area contributed by atoms with Gasteiger partial charge in [-0.25, -0.2) is 0 Å². The quantitative estimate of drug-likeness (QED) is 0.775. The number of amides is 2. The van der Waals surface area contributed by atoms with Gasteiger partial charge in [-0.3, -0.25) is 9.59 Å². The molecule has 0 aromatic carbocycles. The van der Waals surface area contributed by atoms with Gasteiger partial charge in [-0.2, -0.15) is 4.80 Å². The zero-order chi connectivity index (χ0) is 14.2. The summed E-state index contributed by atoms with van der Waals surface area (Å²) in [5.74, 6) is 0.153. The number of piperazine rings is 1. The number of nitrogens with zero attached hydrogens (tertiary/aromatic N) is 5.